The van der Waals surface area contributed by atoms with Crippen LogP contribution in [0.25, 0.3) is 0 Å². The van der Waals surface area contributed by atoms with E-state index in [1.165, 1.54) is 10.4 Å². The Morgan fingerprint density at radius 1 is 1.56 bits per heavy atom. The number of rotatable bonds is 1. The van der Waals surface area contributed by atoms with E-state index in [1.807, 2.05) is 11.3 Å². The highest BCUT2D eigenvalue weighted by Gasteiger charge is 2.32. The van der Waals surface area contributed by atoms with Gasteiger partial charge >= 0.3 is 0 Å². The third-order valence-corrected chi connectivity index (χ3v) is 5.20. The molecule has 0 spiro atoms. The predicted molar refractivity (Wildman–Crippen MR) is 73.7 cm³/mol. The van der Waals surface area contributed by atoms with E-state index in [4.69, 9.17) is 0 Å². The topological polar surface area (TPSA) is 32.3 Å². The van der Waals surface area contributed by atoms with E-state index in [2.05, 4.69) is 28.6 Å². The van der Waals surface area contributed by atoms with E-state index in [-0.39, 0.29) is 12.0 Å². The zero-order valence-corrected chi connectivity index (χ0v) is 11.6. The van der Waals surface area contributed by atoms with Crippen LogP contribution in [0, 0.1) is 5.92 Å². The maximum absolute atomic E-state index is 12.6. The molecule has 1 amide bonds. The molecule has 4 heteroatoms. The maximum atomic E-state index is 12.6. The lowest BCUT2D eigenvalue weighted by Gasteiger charge is -2.37. The summed E-state index contributed by atoms with van der Waals surface area (Å²) in [7, 11) is 0. The standard InChI is InChI=1S/C14H20N2OS/c1-10-12-5-8-18-13(12)4-7-16(10)14(17)11-3-2-6-15-9-11/h5,8,10-11,15H,2-4,6-7,9H2,1H3/t10?,11-/m0/s1. The molecule has 1 aromatic rings. The van der Waals surface area contributed by atoms with E-state index in [1.54, 1.807) is 0 Å². The average Bonchev–Trinajstić information content (AvgIpc) is 2.89. The fourth-order valence-electron chi connectivity index (χ4n) is 3.11. The molecule has 3 rings (SSSR count). The second-order valence-corrected chi connectivity index (χ2v) is 6.30. The van der Waals surface area contributed by atoms with Gasteiger partial charge in [-0.25, -0.2) is 0 Å². The van der Waals surface area contributed by atoms with Crippen molar-refractivity contribution in [3.8, 4) is 0 Å². The molecule has 1 aromatic heterocycles. The van der Waals surface area contributed by atoms with Gasteiger partial charge in [0, 0.05) is 18.0 Å². The molecule has 3 nitrogen and oxygen atoms in total. The van der Waals surface area contributed by atoms with Crippen molar-refractivity contribution in [1.82, 2.24) is 10.2 Å². The number of carbonyl (C=O) groups is 1. The molecule has 0 aliphatic carbocycles. The number of thiophene rings is 1. The number of hydrogen-bond acceptors (Lipinski definition) is 3. The van der Waals surface area contributed by atoms with Gasteiger partial charge in [-0.3, -0.25) is 4.79 Å². The zero-order chi connectivity index (χ0) is 12.5. The number of amides is 1. The lowest BCUT2D eigenvalue weighted by atomic mass is 9.94. The van der Waals surface area contributed by atoms with Crippen molar-refractivity contribution < 1.29 is 4.79 Å². The lowest BCUT2D eigenvalue weighted by Crippen LogP contribution is -2.46. The number of fused-ring (bicyclic) bond motifs is 1. The molecule has 18 heavy (non-hydrogen) atoms. The number of nitrogens with one attached hydrogen (secondary N) is 1. The van der Waals surface area contributed by atoms with E-state index in [0.717, 1.165) is 38.9 Å². The minimum Gasteiger partial charge on any atom is -0.335 e. The third-order valence-electron chi connectivity index (χ3n) is 4.21. The Balaban J connectivity index is 1.75. The summed E-state index contributed by atoms with van der Waals surface area (Å²) in [6.45, 7) is 4.98. The first-order chi connectivity index (χ1) is 8.77. The van der Waals surface area contributed by atoms with Gasteiger partial charge in [0.2, 0.25) is 5.91 Å². The van der Waals surface area contributed by atoms with E-state index in [0.29, 0.717) is 5.91 Å². The van der Waals surface area contributed by atoms with Crippen molar-refractivity contribution in [2.24, 2.45) is 5.92 Å². The van der Waals surface area contributed by atoms with Gasteiger partial charge in [0.15, 0.2) is 0 Å². The Bertz CT molecular complexity index is 437. The molecular formula is C14H20N2OS. The monoisotopic (exact) mass is 264 g/mol. The Morgan fingerprint density at radius 2 is 2.44 bits per heavy atom. The molecule has 0 bridgehead atoms. The maximum Gasteiger partial charge on any atom is 0.227 e. The van der Waals surface area contributed by atoms with E-state index in [9.17, 15) is 4.79 Å². The molecule has 2 atom stereocenters. The van der Waals surface area contributed by atoms with Crippen molar-refractivity contribution in [2.45, 2.75) is 32.2 Å². The Morgan fingerprint density at radius 3 is 3.22 bits per heavy atom. The van der Waals surface area contributed by atoms with Crippen LogP contribution in [0.15, 0.2) is 11.4 Å². The summed E-state index contributed by atoms with van der Waals surface area (Å²) in [6, 6.07) is 2.44. The number of nitrogens with zero attached hydrogens (tertiary/aromatic N) is 1. The first-order valence-corrected chi connectivity index (χ1v) is 7.73. The van der Waals surface area contributed by atoms with Gasteiger partial charge in [-0.05, 0) is 49.7 Å². The molecule has 0 radical (unpaired) electrons. The summed E-state index contributed by atoms with van der Waals surface area (Å²) in [6.07, 6.45) is 3.21. The van der Waals surface area contributed by atoms with Gasteiger partial charge in [-0.15, -0.1) is 11.3 Å². The van der Waals surface area contributed by atoms with Gasteiger partial charge in [0.05, 0.1) is 12.0 Å². The van der Waals surface area contributed by atoms with Gasteiger partial charge in [-0.2, -0.15) is 0 Å². The van der Waals surface area contributed by atoms with E-state index < -0.39 is 0 Å². The van der Waals surface area contributed by atoms with Crippen LogP contribution in [0.2, 0.25) is 0 Å². The molecule has 1 fully saturated rings. The molecule has 2 aliphatic heterocycles. The van der Waals surface area contributed by atoms with Crippen LogP contribution >= 0.6 is 11.3 Å². The van der Waals surface area contributed by atoms with Crippen molar-refractivity contribution >= 4 is 17.2 Å². The molecule has 1 saturated heterocycles. The van der Waals surface area contributed by atoms with Crippen LogP contribution in [0.3, 0.4) is 0 Å². The van der Waals surface area contributed by atoms with Crippen LogP contribution in [-0.2, 0) is 11.2 Å². The SMILES string of the molecule is CC1c2ccsc2CCN1C(=O)[C@H]1CCCNC1. The second-order valence-electron chi connectivity index (χ2n) is 5.30. The summed E-state index contributed by atoms with van der Waals surface area (Å²) in [5.74, 6) is 0.549. The minimum atomic E-state index is 0.196. The Hall–Kier alpha value is -0.870. The second kappa shape index (κ2) is 5.02. The van der Waals surface area contributed by atoms with Crippen molar-refractivity contribution in [2.75, 3.05) is 19.6 Å². The number of piperidine rings is 1. The fraction of sp³-hybridized carbons (Fsp3) is 0.643. The van der Waals surface area contributed by atoms with Gasteiger partial charge < -0.3 is 10.2 Å². The van der Waals surface area contributed by atoms with Crippen LogP contribution in [-0.4, -0.2) is 30.4 Å². The van der Waals surface area contributed by atoms with Crippen LogP contribution in [0.4, 0.5) is 0 Å². The molecule has 0 aromatic carbocycles. The summed E-state index contributed by atoms with van der Waals surface area (Å²) in [5.41, 5.74) is 1.36. The molecular weight excluding hydrogens is 244 g/mol. The van der Waals surface area contributed by atoms with Crippen LogP contribution in [0.1, 0.15) is 36.2 Å². The fourth-order valence-corrected chi connectivity index (χ4v) is 4.07. The summed E-state index contributed by atoms with van der Waals surface area (Å²) in [5, 5.41) is 5.49. The van der Waals surface area contributed by atoms with Gasteiger partial charge in [0.25, 0.3) is 0 Å². The van der Waals surface area contributed by atoms with E-state index >= 15 is 0 Å². The largest absolute Gasteiger partial charge is 0.335 e. The lowest BCUT2D eigenvalue weighted by molar-refractivity contribution is -0.138. The molecule has 2 aliphatic rings. The summed E-state index contributed by atoms with van der Waals surface area (Å²) >= 11 is 1.83. The minimum absolute atomic E-state index is 0.196. The Kier molecular flexibility index (Phi) is 3.39. The highest BCUT2D eigenvalue weighted by Crippen LogP contribution is 2.34. The number of hydrogen-bond donors (Lipinski definition) is 1. The quantitative estimate of drug-likeness (QED) is 0.843. The molecule has 0 saturated carbocycles. The summed E-state index contributed by atoms with van der Waals surface area (Å²) < 4.78 is 0. The zero-order valence-electron chi connectivity index (χ0n) is 10.8. The van der Waals surface area contributed by atoms with Gasteiger partial charge in [-0.1, -0.05) is 0 Å². The highest BCUT2D eigenvalue weighted by molar-refractivity contribution is 7.10. The van der Waals surface area contributed by atoms with Crippen molar-refractivity contribution in [3.05, 3.63) is 21.9 Å². The molecule has 3 heterocycles. The predicted octanol–water partition coefficient (Wildman–Crippen LogP) is 2.19. The molecule has 98 valence electrons. The first-order valence-electron chi connectivity index (χ1n) is 6.85. The van der Waals surface area contributed by atoms with Crippen LogP contribution < -0.4 is 5.32 Å². The first kappa shape index (κ1) is 12.2. The van der Waals surface area contributed by atoms with Crippen LogP contribution in [0.5, 0.6) is 0 Å². The van der Waals surface area contributed by atoms with Crippen molar-refractivity contribution in [1.29, 1.82) is 0 Å². The summed E-state index contributed by atoms with van der Waals surface area (Å²) in [4.78, 5) is 16.1. The molecule has 1 N–H and O–H groups in total. The Labute approximate surface area is 112 Å². The van der Waals surface area contributed by atoms with Gasteiger partial charge in [0.1, 0.15) is 0 Å². The number of carbonyl (C=O) groups excluding carboxylic acids is 1. The highest BCUT2D eigenvalue weighted by atomic mass is 32.1. The smallest absolute Gasteiger partial charge is 0.227 e. The molecule has 1 unspecified atom stereocenters. The normalized spacial score (nSPS) is 27.9. The van der Waals surface area contributed by atoms with Crippen molar-refractivity contribution in [3.63, 3.8) is 0 Å². The third kappa shape index (κ3) is 2.08. The average molecular weight is 264 g/mol.